The Hall–Kier alpha value is -1.20. The molecule has 2 aromatic rings. The van der Waals surface area contributed by atoms with Crippen LogP contribution in [0, 0.1) is 0 Å². The van der Waals surface area contributed by atoms with Crippen molar-refractivity contribution in [2.45, 2.75) is 32.7 Å². The molecule has 4 nitrogen and oxygen atoms in total. The minimum atomic E-state index is 0.0722. The van der Waals surface area contributed by atoms with E-state index in [0.717, 1.165) is 29.5 Å². The molecular weight excluding hydrogens is 234 g/mol. The predicted molar refractivity (Wildman–Crippen MR) is 71.5 cm³/mol. The van der Waals surface area contributed by atoms with Gasteiger partial charge in [-0.1, -0.05) is 6.92 Å². The Kier molecular flexibility index (Phi) is 3.91. The molecule has 2 rings (SSSR count). The van der Waals surface area contributed by atoms with Crippen LogP contribution in [0.3, 0.4) is 0 Å². The SMILES string of the molecule is CCc1cc2c(=O)n(CCCCN)cnc2s1. The van der Waals surface area contributed by atoms with Gasteiger partial charge in [0.15, 0.2) is 0 Å². The molecule has 0 aliphatic carbocycles. The molecule has 0 unspecified atom stereocenters. The predicted octanol–water partition coefficient (Wildman–Crippen LogP) is 1.76. The molecule has 0 bridgehead atoms. The highest BCUT2D eigenvalue weighted by Gasteiger charge is 2.07. The second kappa shape index (κ2) is 5.42. The summed E-state index contributed by atoms with van der Waals surface area (Å²) in [4.78, 5) is 18.6. The lowest BCUT2D eigenvalue weighted by atomic mass is 10.3. The quantitative estimate of drug-likeness (QED) is 0.824. The van der Waals surface area contributed by atoms with Crippen LogP contribution in [0.4, 0.5) is 0 Å². The van der Waals surface area contributed by atoms with Gasteiger partial charge in [0.25, 0.3) is 5.56 Å². The molecule has 2 N–H and O–H groups in total. The highest BCUT2D eigenvalue weighted by molar-refractivity contribution is 7.18. The van der Waals surface area contributed by atoms with E-state index in [1.165, 1.54) is 4.88 Å². The normalized spacial score (nSPS) is 11.2. The van der Waals surface area contributed by atoms with E-state index in [9.17, 15) is 4.79 Å². The summed E-state index contributed by atoms with van der Waals surface area (Å²) in [6, 6.07) is 1.97. The van der Waals surface area contributed by atoms with Gasteiger partial charge in [0.1, 0.15) is 4.83 Å². The van der Waals surface area contributed by atoms with Crippen LogP contribution in [-0.4, -0.2) is 16.1 Å². The molecular formula is C12H17N3OS. The van der Waals surface area contributed by atoms with Crippen LogP contribution in [-0.2, 0) is 13.0 Å². The molecule has 0 aliphatic heterocycles. The topological polar surface area (TPSA) is 60.9 Å². The van der Waals surface area contributed by atoms with Gasteiger partial charge in [0, 0.05) is 11.4 Å². The van der Waals surface area contributed by atoms with Crippen LogP contribution in [0.25, 0.3) is 10.2 Å². The third kappa shape index (κ3) is 2.56. The van der Waals surface area contributed by atoms with Gasteiger partial charge in [-0.2, -0.15) is 0 Å². The molecule has 2 heterocycles. The molecule has 0 saturated carbocycles. The molecule has 0 saturated heterocycles. The Labute approximate surface area is 104 Å². The molecule has 0 amide bonds. The Balaban J connectivity index is 2.32. The first-order valence-corrected chi connectivity index (χ1v) is 6.75. The fourth-order valence-electron chi connectivity index (χ4n) is 1.77. The highest BCUT2D eigenvalue weighted by atomic mass is 32.1. The fraction of sp³-hybridized carbons (Fsp3) is 0.500. The summed E-state index contributed by atoms with van der Waals surface area (Å²) >= 11 is 1.60. The minimum Gasteiger partial charge on any atom is -0.330 e. The molecule has 2 aromatic heterocycles. The number of thiophene rings is 1. The molecule has 92 valence electrons. The lowest BCUT2D eigenvalue weighted by molar-refractivity contribution is 0.595. The summed E-state index contributed by atoms with van der Waals surface area (Å²) in [7, 11) is 0. The zero-order chi connectivity index (χ0) is 12.3. The molecule has 0 aliphatic rings. The van der Waals surface area contributed by atoms with Crippen LogP contribution in [0.15, 0.2) is 17.2 Å². The first kappa shape index (κ1) is 12.3. The molecule has 17 heavy (non-hydrogen) atoms. The van der Waals surface area contributed by atoms with Crippen LogP contribution >= 0.6 is 11.3 Å². The number of unbranched alkanes of at least 4 members (excludes halogenated alkanes) is 1. The summed E-state index contributed by atoms with van der Waals surface area (Å²) in [6.45, 7) is 3.46. The second-order valence-corrected chi connectivity index (χ2v) is 5.14. The standard InChI is InChI=1S/C12H17N3OS/c1-2-9-7-10-11(17-9)14-8-15(12(10)16)6-4-3-5-13/h7-8H,2-6,13H2,1H3. The number of hydrogen-bond donors (Lipinski definition) is 1. The zero-order valence-corrected chi connectivity index (χ0v) is 10.8. The van der Waals surface area contributed by atoms with Gasteiger partial charge < -0.3 is 5.73 Å². The maximum Gasteiger partial charge on any atom is 0.262 e. The fourth-order valence-corrected chi connectivity index (χ4v) is 2.70. The van der Waals surface area contributed by atoms with Gasteiger partial charge in [0.05, 0.1) is 11.7 Å². The first-order chi connectivity index (χ1) is 8.26. The van der Waals surface area contributed by atoms with Gasteiger partial charge in [-0.05, 0) is 31.9 Å². The van der Waals surface area contributed by atoms with Crippen molar-refractivity contribution in [3.05, 3.63) is 27.6 Å². The van der Waals surface area contributed by atoms with E-state index in [4.69, 9.17) is 5.73 Å². The smallest absolute Gasteiger partial charge is 0.262 e. The van der Waals surface area contributed by atoms with Gasteiger partial charge >= 0.3 is 0 Å². The van der Waals surface area contributed by atoms with Crippen LogP contribution in [0.2, 0.25) is 0 Å². The average Bonchev–Trinajstić information content (AvgIpc) is 2.76. The van der Waals surface area contributed by atoms with Gasteiger partial charge in [0.2, 0.25) is 0 Å². The van der Waals surface area contributed by atoms with E-state index in [2.05, 4.69) is 11.9 Å². The summed E-state index contributed by atoms with van der Waals surface area (Å²) < 4.78 is 1.68. The van der Waals surface area contributed by atoms with Crippen molar-refractivity contribution < 1.29 is 0 Å². The van der Waals surface area contributed by atoms with Crippen LogP contribution < -0.4 is 11.3 Å². The Morgan fingerprint density at radius 1 is 1.47 bits per heavy atom. The minimum absolute atomic E-state index is 0.0722. The largest absolute Gasteiger partial charge is 0.330 e. The van der Waals surface area contributed by atoms with E-state index in [-0.39, 0.29) is 5.56 Å². The van der Waals surface area contributed by atoms with Crippen LogP contribution in [0.1, 0.15) is 24.6 Å². The Morgan fingerprint density at radius 3 is 3.00 bits per heavy atom. The van der Waals surface area contributed by atoms with E-state index in [1.807, 2.05) is 6.07 Å². The average molecular weight is 251 g/mol. The maximum absolute atomic E-state index is 12.2. The number of fused-ring (bicyclic) bond motifs is 1. The lowest BCUT2D eigenvalue weighted by Crippen LogP contribution is -2.20. The maximum atomic E-state index is 12.2. The zero-order valence-electron chi connectivity index (χ0n) is 9.98. The number of nitrogens with two attached hydrogens (primary N) is 1. The summed E-state index contributed by atoms with van der Waals surface area (Å²) in [5.41, 5.74) is 5.51. The molecule has 0 spiro atoms. The molecule has 0 atom stereocenters. The number of rotatable bonds is 5. The van der Waals surface area contributed by atoms with Crippen molar-refractivity contribution in [1.29, 1.82) is 0 Å². The molecule has 0 radical (unpaired) electrons. The van der Waals surface area contributed by atoms with Crippen molar-refractivity contribution in [2.24, 2.45) is 5.73 Å². The van der Waals surface area contributed by atoms with Gasteiger partial charge in [-0.25, -0.2) is 4.98 Å². The number of aromatic nitrogens is 2. The van der Waals surface area contributed by atoms with Crippen molar-refractivity contribution >= 4 is 21.6 Å². The third-order valence-electron chi connectivity index (χ3n) is 2.77. The Bertz CT molecular complexity index is 558. The van der Waals surface area contributed by atoms with E-state index in [1.54, 1.807) is 22.2 Å². The van der Waals surface area contributed by atoms with Gasteiger partial charge in [-0.3, -0.25) is 9.36 Å². The van der Waals surface area contributed by atoms with Crippen molar-refractivity contribution in [3.63, 3.8) is 0 Å². The third-order valence-corrected chi connectivity index (χ3v) is 3.96. The lowest BCUT2D eigenvalue weighted by Gasteiger charge is -2.03. The molecule has 0 aromatic carbocycles. The number of hydrogen-bond acceptors (Lipinski definition) is 4. The monoisotopic (exact) mass is 251 g/mol. The Morgan fingerprint density at radius 2 is 2.29 bits per heavy atom. The van der Waals surface area contributed by atoms with Gasteiger partial charge in [-0.15, -0.1) is 11.3 Å². The first-order valence-electron chi connectivity index (χ1n) is 5.94. The highest BCUT2D eigenvalue weighted by Crippen LogP contribution is 2.20. The van der Waals surface area contributed by atoms with E-state index >= 15 is 0 Å². The summed E-state index contributed by atoms with van der Waals surface area (Å²) in [6.07, 6.45) is 4.47. The van der Waals surface area contributed by atoms with Crippen molar-refractivity contribution in [2.75, 3.05) is 6.54 Å². The summed E-state index contributed by atoms with van der Waals surface area (Å²) in [5.74, 6) is 0. The number of aryl methyl sites for hydroxylation is 2. The molecule has 5 heteroatoms. The van der Waals surface area contributed by atoms with Crippen molar-refractivity contribution in [3.8, 4) is 0 Å². The van der Waals surface area contributed by atoms with E-state index < -0.39 is 0 Å². The molecule has 0 fully saturated rings. The summed E-state index contributed by atoms with van der Waals surface area (Å²) in [5, 5.41) is 0.752. The number of nitrogens with zero attached hydrogens (tertiary/aromatic N) is 2. The van der Waals surface area contributed by atoms with Crippen LogP contribution in [0.5, 0.6) is 0 Å². The van der Waals surface area contributed by atoms with Crippen molar-refractivity contribution in [1.82, 2.24) is 9.55 Å². The second-order valence-electron chi connectivity index (χ2n) is 4.02. The van der Waals surface area contributed by atoms with E-state index in [0.29, 0.717) is 13.1 Å².